The fourth-order valence-electron chi connectivity index (χ4n) is 4.78. The Morgan fingerprint density at radius 1 is 1.12 bits per heavy atom. The zero-order valence-electron chi connectivity index (χ0n) is 14.7. The lowest BCUT2D eigenvalue weighted by Crippen LogP contribution is -2.61. The molecule has 134 valence electrons. The Hall–Kier alpha value is -1.43. The number of rotatable bonds is 5. The molecule has 3 aliphatic rings. The quantitative estimate of drug-likeness (QED) is 0.433. The molecule has 0 aliphatic carbocycles. The van der Waals surface area contributed by atoms with Crippen molar-refractivity contribution < 1.29 is 23.6 Å². The molecule has 24 heavy (non-hydrogen) atoms. The monoisotopic (exact) mass is 337 g/mol. The lowest BCUT2D eigenvalue weighted by atomic mass is 9.82. The fraction of sp³-hybridized carbons (Fsp3) is 0.833. The molecule has 3 fully saturated rings. The van der Waals surface area contributed by atoms with Gasteiger partial charge < -0.3 is 9.22 Å². The van der Waals surface area contributed by atoms with Crippen LogP contribution in [-0.2, 0) is 19.1 Å². The molecule has 3 aliphatic heterocycles. The van der Waals surface area contributed by atoms with Crippen molar-refractivity contribution in [1.29, 1.82) is 0 Å². The second-order valence-electron chi connectivity index (χ2n) is 7.76. The molecule has 0 N–H and O–H groups in total. The van der Waals surface area contributed by atoms with Crippen LogP contribution in [0, 0.1) is 5.92 Å². The average molecular weight is 337 g/mol. The van der Waals surface area contributed by atoms with Crippen molar-refractivity contribution in [2.45, 2.75) is 57.4 Å². The minimum absolute atomic E-state index is 0.112. The van der Waals surface area contributed by atoms with Crippen molar-refractivity contribution in [1.82, 2.24) is 4.90 Å². The van der Waals surface area contributed by atoms with Crippen molar-refractivity contribution >= 4 is 17.8 Å². The van der Waals surface area contributed by atoms with Crippen molar-refractivity contribution in [2.75, 3.05) is 33.3 Å². The van der Waals surface area contributed by atoms with E-state index in [0.717, 1.165) is 10.9 Å². The SMILES string of the molecule is C[N@+]12CCCC[C@@H]1[C@H](COC(=O)CCN1C(=O)CCC1=O)CCC2. The number of likely N-dealkylation sites (tertiary alicyclic amines) is 1. The molecule has 6 heteroatoms. The van der Waals surface area contributed by atoms with Gasteiger partial charge in [0, 0.05) is 31.7 Å². The van der Waals surface area contributed by atoms with E-state index in [1.165, 1.54) is 43.7 Å². The molecule has 0 aromatic rings. The van der Waals surface area contributed by atoms with Crippen LogP contribution in [0.2, 0.25) is 0 Å². The minimum atomic E-state index is -0.293. The summed E-state index contributed by atoms with van der Waals surface area (Å²) in [5.41, 5.74) is 0. The number of imide groups is 1. The summed E-state index contributed by atoms with van der Waals surface area (Å²) in [7, 11) is 2.35. The average Bonchev–Trinajstić information content (AvgIpc) is 2.88. The summed E-state index contributed by atoms with van der Waals surface area (Å²) >= 11 is 0. The maximum absolute atomic E-state index is 12.0. The largest absolute Gasteiger partial charge is 0.465 e. The number of esters is 1. The third-order valence-corrected chi connectivity index (χ3v) is 6.16. The number of hydrogen-bond acceptors (Lipinski definition) is 4. The Kier molecular flexibility index (Phi) is 5.23. The summed E-state index contributed by atoms with van der Waals surface area (Å²) in [4.78, 5) is 36.3. The molecule has 6 nitrogen and oxygen atoms in total. The number of nitrogens with zero attached hydrogens (tertiary/aromatic N) is 2. The van der Waals surface area contributed by atoms with Gasteiger partial charge in [0.05, 0.1) is 39.2 Å². The molecule has 3 heterocycles. The molecule has 0 saturated carbocycles. The summed E-state index contributed by atoms with van der Waals surface area (Å²) < 4.78 is 6.65. The number of carbonyl (C=O) groups is 3. The number of hydrogen-bond donors (Lipinski definition) is 0. The van der Waals surface area contributed by atoms with E-state index in [1.54, 1.807) is 0 Å². The Balaban J connectivity index is 1.45. The van der Waals surface area contributed by atoms with Gasteiger partial charge in [-0.1, -0.05) is 0 Å². The molecule has 0 bridgehead atoms. The van der Waals surface area contributed by atoms with Gasteiger partial charge in [-0.05, 0) is 25.7 Å². The van der Waals surface area contributed by atoms with Gasteiger partial charge in [0.15, 0.2) is 0 Å². The van der Waals surface area contributed by atoms with Crippen LogP contribution in [0.3, 0.4) is 0 Å². The summed E-state index contributed by atoms with van der Waals surface area (Å²) in [5, 5.41) is 0. The second-order valence-corrected chi connectivity index (χ2v) is 7.76. The zero-order chi connectivity index (χ0) is 17.2. The van der Waals surface area contributed by atoms with Gasteiger partial charge in [0.1, 0.15) is 0 Å². The molecule has 0 spiro atoms. The summed E-state index contributed by atoms with van der Waals surface area (Å²) in [6.45, 7) is 3.14. The van der Waals surface area contributed by atoms with Gasteiger partial charge in [0.2, 0.25) is 11.8 Å². The van der Waals surface area contributed by atoms with Gasteiger partial charge in [-0.25, -0.2) is 0 Å². The molecule has 0 radical (unpaired) electrons. The molecule has 3 atom stereocenters. The van der Waals surface area contributed by atoms with Gasteiger partial charge in [0.25, 0.3) is 0 Å². The predicted molar refractivity (Wildman–Crippen MR) is 87.8 cm³/mol. The van der Waals surface area contributed by atoms with E-state index in [0.29, 0.717) is 18.6 Å². The lowest BCUT2D eigenvalue weighted by molar-refractivity contribution is -0.947. The third kappa shape index (κ3) is 3.63. The Morgan fingerprint density at radius 2 is 1.83 bits per heavy atom. The smallest absolute Gasteiger partial charge is 0.307 e. The van der Waals surface area contributed by atoms with Crippen molar-refractivity contribution in [2.24, 2.45) is 5.92 Å². The van der Waals surface area contributed by atoms with Gasteiger partial charge in [-0.2, -0.15) is 0 Å². The molecule has 0 aromatic carbocycles. The Morgan fingerprint density at radius 3 is 2.58 bits per heavy atom. The third-order valence-electron chi connectivity index (χ3n) is 6.16. The number of ether oxygens (including phenoxy) is 1. The predicted octanol–water partition coefficient (Wildman–Crippen LogP) is 1.48. The number of carbonyl (C=O) groups excluding carboxylic acids is 3. The van der Waals surface area contributed by atoms with Crippen LogP contribution in [0.1, 0.15) is 51.4 Å². The normalized spacial score (nSPS) is 33.5. The molecule has 0 unspecified atom stereocenters. The standard InChI is InChI=1S/C18H29N2O4/c1-20-11-3-2-6-15(20)14(5-4-12-20)13-24-18(23)9-10-19-16(21)7-8-17(19)22/h14-15H,2-13H2,1H3/q+1/t14-,15+,20+/m0/s1. The molecule has 3 saturated heterocycles. The Bertz CT molecular complexity index is 501. The highest BCUT2D eigenvalue weighted by molar-refractivity contribution is 6.02. The van der Waals surface area contributed by atoms with E-state index in [4.69, 9.17) is 4.74 Å². The minimum Gasteiger partial charge on any atom is -0.465 e. The highest BCUT2D eigenvalue weighted by atomic mass is 16.5. The van der Waals surface area contributed by atoms with Gasteiger partial charge in [-0.15, -0.1) is 0 Å². The number of amides is 2. The maximum atomic E-state index is 12.0. The van der Waals surface area contributed by atoms with Crippen LogP contribution >= 0.6 is 0 Å². The first-order valence-corrected chi connectivity index (χ1v) is 9.33. The highest BCUT2D eigenvalue weighted by Gasteiger charge is 2.43. The molecular formula is C18H29N2O4+. The van der Waals surface area contributed by atoms with E-state index in [1.807, 2.05) is 0 Å². The van der Waals surface area contributed by atoms with Crippen molar-refractivity contribution in [3.63, 3.8) is 0 Å². The maximum Gasteiger partial charge on any atom is 0.307 e. The van der Waals surface area contributed by atoms with Gasteiger partial charge >= 0.3 is 5.97 Å². The van der Waals surface area contributed by atoms with Crippen LogP contribution in [0.4, 0.5) is 0 Å². The first-order valence-electron chi connectivity index (χ1n) is 9.33. The molecule has 2 amide bonds. The van der Waals surface area contributed by atoms with Crippen LogP contribution in [0.5, 0.6) is 0 Å². The first kappa shape index (κ1) is 17.4. The summed E-state index contributed by atoms with van der Waals surface area (Å²) in [5.74, 6) is -0.188. The van der Waals surface area contributed by atoms with Crippen LogP contribution in [0.15, 0.2) is 0 Å². The lowest BCUT2D eigenvalue weighted by Gasteiger charge is -2.51. The van der Waals surface area contributed by atoms with Crippen molar-refractivity contribution in [3.05, 3.63) is 0 Å². The van der Waals surface area contributed by atoms with Crippen LogP contribution in [0.25, 0.3) is 0 Å². The number of fused-ring (bicyclic) bond motifs is 1. The van der Waals surface area contributed by atoms with E-state index in [9.17, 15) is 14.4 Å². The first-order chi connectivity index (χ1) is 11.5. The van der Waals surface area contributed by atoms with E-state index < -0.39 is 0 Å². The van der Waals surface area contributed by atoms with E-state index in [-0.39, 0.29) is 43.6 Å². The van der Waals surface area contributed by atoms with E-state index in [2.05, 4.69) is 7.05 Å². The summed E-state index contributed by atoms with van der Waals surface area (Å²) in [6.07, 6.45) is 6.80. The summed E-state index contributed by atoms with van der Waals surface area (Å²) in [6, 6.07) is 0.613. The highest BCUT2D eigenvalue weighted by Crippen LogP contribution is 2.36. The molecule has 0 aromatic heterocycles. The van der Waals surface area contributed by atoms with Crippen molar-refractivity contribution in [3.8, 4) is 0 Å². The zero-order valence-corrected chi connectivity index (χ0v) is 14.7. The topological polar surface area (TPSA) is 63.7 Å². The number of piperidine rings is 2. The van der Waals surface area contributed by atoms with Crippen LogP contribution in [-0.4, -0.2) is 66.5 Å². The Labute approximate surface area is 143 Å². The molecular weight excluding hydrogens is 308 g/mol. The van der Waals surface area contributed by atoms with E-state index >= 15 is 0 Å². The van der Waals surface area contributed by atoms with Gasteiger partial charge in [-0.3, -0.25) is 19.3 Å². The molecule has 3 rings (SSSR count). The number of quaternary nitrogens is 1. The second kappa shape index (κ2) is 7.21. The fourth-order valence-corrected chi connectivity index (χ4v) is 4.78. The van der Waals surface area contributed by atoms with Crippen LogP contribution < -0.4 is 0 Å².